The van der Waals surface area contributed by atoms with Crippen molar-refractivity contribution in [3.63, 3.8) is 0 Å². The lowest BCUT2D eigenvalue weighted by Gasteiger charge is -2.22. The molecule has 2 aromatic rings. The summed E-state index contributed by atoms with van der Waals surface area (Å²) < 4.78 is 13.0. The number of rotatable bonds is 8. The van der Waals surface area contributed by atoms with Crippen LogP contribution in [-0.4, -0.2) is 19.0 Å². The maximum Gasteiger partial charge on any atom is 0.233 e. The molecule has 0 saturated carbocycles. The van der Waals surface area contributed by atoms with E-state index in [0.29, 0.717) is 12.5 Å². The number of amides is 1. The fourth-order valence-electron chi connectivity index (χ4n) is 2.45. The molecule has 1 aromatic carbocycles. The molecule has 124 valence electrons. The SMILES string of the molecule is CC(C)C(NCC(=O)NCCc1cccs1)c1ccc(F)cc1. The predicted molar refractivity (Wildman–Crippen MR) is 93.0 cm³/mol. The largest absolute Gasteiger partial charge is 0.355 e. The van der Waals surface area contributed by atoms with Gasteiger partial charge in [-0.15, -0.1) is 11.3 Å². The molecule has 2 N–H and O–H groups in total. The van der Waals surface area contributed by atoms with Gasteiger partial charge < -0.3 is 10.6 Å². The Kier molecular flexibility index (Phi) is 6.74. The van der Waals surface area contributed by atoms with E-state index in [0.717, 1.165) is 12.0 Å². The molecule has 1 amide bonds. The Hall–Kier alpha value is -1.72. The van der Waals surface area contributed by atoms with Gasteiger partial charge in [-0.2, -0.15) is 0 Å². The van der Waals surface area contributed by atoms with Crippen LogP contribution in [0.25, 0.3) is 0 Å². The first-order chi connectivity index (χ1) is 11.1. The molecule has 0 bridgehead atoms. The third kappa shape index (κ3) is 5.77. The van der Waals surface area contributed by atoms with Crippen LogP contribution in [0.3, 0.4) is 0 Å². The highest BCUT2D eigenvalue weighted by Gasteiger charge is 2.16. The maximum absolute atomic E-state index is 13.0. The highest BCUT2D eigenvalue weighted by Crippen LogP contribution is 2.21. The van der Waals surface area contributed by atoms with E-state index in [1.807, 2.05) is 11.4 Å². The number of carbonyl (C=O) groups is 1. The molecular weight excluding hydrogens is 311 g/mol. The van der Waals surface area contributed by atoms with Crippen LogP contribution in [-0.2, 0) is 11.2 Å². The Morgan fingerprint density at radius 1 is 1.22 bits per heavy atom. The van der Waals surface area contributed by atoms with E-state index in [2.05, 4.69) is 30.5 Å². The molecule has 0 aliphatic carbocycles. The Labute approximate surface area is 140 Å². The molecule has 3 nitrogen and oxygen atoms in total. The van der Waals surface area contributed by atoms with Gasteiger partial charge in [0.2, 0.25) is 5.91 Å². The summed E-state index contributed by atoms with van der Waals surface area (Å²) in [5.41, 5.74) is 0.993. The molecule has 0 radical (unpaired) electrons. The fourth-order valence-corrected chi connectivity index (χ4v) is 3.16. The van der Waals surface area contributed by atoms with Gasteiger partial charge in [0.25, 0.3) is 0 Å². The van der Waals surface area contributed by atoms with Crippen LogP contribution in [0, 0.1) is 11.7 Å². The van der Waals surface area contributed by atoms with Gasteiger partial charge in [-0.3, -0.25) is 4.79 Å². The second kappa shape index (κ2) is 8.79. The Morgan fingerprint density at radius 3 is 2.57 bits per heavy atom. The maximum atomic E-state index is 13.0. The highest BCUT2D eigenvalue weighted by atomic mass is 32.1. The van der Waals surface area contributed by atoms with Gasteiger partial charge in [0.15, 0.2) is 0 Å². The van der Waals surface area contributed by atoms with Crippen LogP contribution in [0.2, 0.25) is 0 Å². The Balaban J connectivity index is 1.79. The zero-order valence-corrected chi connectivity index (χ0v) is 14.3. The van der Waals surface area contributed by atoms with Gasteiger partial charge in [0.05, 0.1) is 6.54 Å². The number of halogens is 1. The minimum atomic E-state index is -0.248. The number of thiophene rings is 1. The second-order valence-electron chi connectivity index (χ2n) is 5.83. The zero-order valence-electron chi connectivity index (χ0n) is 13.5. The monoisotopic (exact) mass is 334 g/mol. The molecule has 0 saturated heterocycles. The van der Waals surface area contributed by atoms with Crippen molar-refractivity contribution in [1.82, 2.24) is 10.6 Å². The van der Waals surface area contributed by atoms with Gasteiger partial charge in [-0.05, 0) is 41.5 Å². The number of carbonyl (C=O) groups excluding carboxylic acids is 1. The summed E-state index contributed by atoms with van der Waals surface area (Å²) in [5.74, 6) is 0.0382. The first kappa shape index (κ1) is 17.6. The van der Waals surface area contributed by atoms with E-state index in [1.165, 1.54) is 17.0 Å². The summed E-state index contributed by atoms with van der Waals surface area (Å²) in [6, 6.07) is 10.5. The molecule has 2 rings (SSSR count). The molecule has 0 aliphatic rings. The van der Waals surface area contributed by atoms with Crippen molar-refractivity contribution in [3.05, 3.63) is 58.0 Å². The van der Waals surface area contributed by atoms with E-state index in [9.17, 15) is 9.18 Å². The zero-order chi connectivity index (χ0) is 16.7. The average Bonchev–Trinajstić information content (AvgIpc) is 3.02. The van der Waals surface area contributed by atoms with E-state index in [1.54, 1.807) is 23.5 Å². The first-order valence-electron chi connectivity index (χ1n) is 7.84. The Morgan fingerprint density at radius 2 is 1.96 bits per heavy atom. The molecular formula is C18H23FN2OS. The van der Waals surface area contributed by atoms with Crippen LogP contribution in [0.1, 0.15) is 30.3 Å². The van der Waals surface area contributed by atoms with Gasteiger partial charge in [-0.25, -0.2) is 4.39 Å². The van der Waals surface area contributed by atoms with Crippen molar-refractivity contribution in [2.45, 2.75) is 26.3 Å². The smallest absolute Gasteiger partial charge is 0.233 e. The first-order valence-corrected chi connectivity index (χ1v) is 8.72. The van der Waals surface area contributed by atoms with Crippen molar-refractivity contribution >= 4 is 17.2 Å². The Bertz CT molecular complexity index is 596. The number of hydrogen-bond acceptors (Lipinski definition) is 3. The average molecular weight is 334 g/mol. The lowest BCUT2D eigenvalue weighted by atomic mass is 9.96. The molecule has 23 heavy (non-hydrogen) atoms. The lowest BCUT2D eigenvalue weighted by Crippen LogP contribution is -2.38. The molecule has 5 heteroatoms. The summed E-state index contributed by atoms with van der Waals surface area (Å²) in [6.45, 7) is 5.06. The van der Waals surface area contributed by atoms with Gasteiger partial charge in [0, 0.05) is 17.5 Å². The quantitative estimate of drug-likeness (QED) is 0.775. The molecule has 1 unspecified atom stereocenters. The van der Waals surface area contributed by atoms with Crippen molar-refractivity contribution < 1.29 is 9.18 Å². The van der Waals surface area contributed by atoms with Crippen LogP contribution in [0.4, 0.5) is 4.39 Å². The van der Waals surface area contributed by atoms with Gasteiger partial charge in [-0.1, -0.05) is 32.0 Å². The van der Waals surface area contributed by atoms with Gasteiger partial charge >= 0.3 is 0 Å². The molecule has 1 atom stereocenters. The highest BCUT2D eigenvalue weighted by molar-refractivity contribution is 7.09. The van der Waals surface area contributed by atoms with Gasteiger partial charge in [0.1, 0.15) is 5.82 Å². The summed E-state index contributed by atoms with van der Waals surface area (Å²) in [4.78, 5) is 13.2. The van der Waals surface area contributed by atoms with Crippen LogP contribution in [0.15, 0.2) is 41.8 Å². The van der Waals surface area contributed by atoms with Crippen LogP contribution < -0.4 is 10.6 Å². The molecule has 0 spiro atoms. The summed E-state index contributed by atoms with van der Waals surface area (Å²) in [5, 5.41) is 8.22. The number of hydrogen-bond donors (Lipinski definition) is 2. The molecule has 1 aromatic heterocycles. The van der Waals surface area contributed by atoms with Crippen LogP contribution in [0.5, 0.6) is 0 Å². The third-order valence-electron chi connectivity index (χ3n) is 3.65. The number of nitrogens with one attached hydrogen (secondary N) is 2. The van der Waals surface area contributed by atoms with E-state index in [4.69, 9.17) is 0 Å². The molecule has 0 aliphatic heterocycles. The lowest BCUT2D eigenvalue weighted by molar-refractivity contribution is -0.120. The van der Waals surface area contributed by atoms with Crippen molar-refractivity contribution in [1.29, 1.82) is 0 Å². The van der Waals surface area contributed by atoms with E-state index >= 15 is 0 Å². The summed E-state index contributed by atoms with van der Waals surface area (Å²) in [6.07, 6.45) is 0.856. The minimum absolute atomic E-state index is 0.0192. The predicted octanol–water partition coefficient (Wildman–Crippen LogP) is 3.53. The standard InChI is InChI=1S/C18H23FN2OS/c1-13(2)18(14-5-7-15(19)8-6-14)21-12-17(22)20-10-9-16-4-3-11-23-16/h3-8,11,13,18,21H,9-10,12H2,1-2H3,(H,20,22). The minimum Gasteiger partial charge on any atom is -0.355 e. The normalized spacial score (nSPS) is 12.3. The van der Waals surface area contributed by atoms with E-state index < -0.39 is 0 Å². The van der Waals surface area contributed by atoms with Crippen LogP contribution >= 0.6 is 11.3 Å². The number of benzene rings is 1. The van der Waals surface area contributed by atoms with Crippen molar-refractivity contribution in [2.24, 2.45) is 5.92 Å². The topological polar surface area (TPSA) is 41.1 Å². The summed E-state index contributed by atoms with van der Waals surface area (Å²) in [7, 11) is 0. The van der Waals surface area contributed by atoms with Crippen molar-refractivity contribution in [2.75, 3.05) is 13.1 Å². The summed E-state index contributed by atoms with van der Waals surface area (Å²) >= 11 is 1.70. The van der Waals surface area contributed by atoms with E-state index in [-0.39, 0.29) is 24.3 Å². The van der Waals surface area contributed by atoms with Crippen molar-refractivity contribution in [3.8, 4) is 0 Å². The third-order valence-corrected chi connectivity index (χ3v) is 4.59. The molecule has 1 heterocycles. The second-order valence-corrected chi connectivity index (χ2v) is 6.87. The molecule has 0 fully saturated rings. The fraction of sp³-hybridized carbons (Fsp3) is 0.389.